The number of benzene rings is 2. The Morgan fingerprint density at radius 1 is 1.08 bits per heavy atom. The van der Waals surface area contributed by atoms with Crippen LogP contribution in [0.2, 0.25) is 0 Å². The summed E-state index contributed by atoms with van der Waals surface area (Å²) in [6.45, 7) is 1.49. The van der Waals surface area contributed by atoms with Crippen LogP contribution in [0, 0.1) is 5.82 Å². The van der Waals surface area contributed by atoms with Crippen molar-refractivity contribution in [1.29, 1.82) is 0 Å². The number of nitrogens with zero attached hydrogens (tertiary/aromatic N) is 6. The van der Waals surface area contributed by atoms with E-state index >= 15 is 0 Å². The normalized spacial score (nSPS) is 15.6. The molecule has 11 heteroatoms. The maximum absolute atomic E-state index is 13.3. The number of aromatic nitrogens is 5. The smallest absolute Gasteiger partial charge is 0.211 e. The summed E-state index contributed by atoms with van der Waals surface area (Å²) in [6, 6.07) is 14.6. The number of piperidine rings is 1. The number of nitrogens with two attached hydrogens (primary N) is 1. The minimum atomic E-state index is -3.20. The highest BCUT2D eigenvalue weighted by molar-refractivity contribution is 7.88. The molecule has 0 atom stereocenters. The van der Waals surface area contributed by atoms with Crippen LogP contribution in [0.15, 0.2) is 61.1 Å². The molecule has 0 aliphatic carbocycles. The molecule has 0 amide bonds. The standard InChI is InChI=1S/C26H26FN7O2S/c1-37(35,36)33-10-8-18(9-11-33)24-13-22(25-26(28)29-16-30-34(24)25)19-4-5-20-15-32(31-23(20)12-19)14-17-2-6-21(27)7-3-17/h2-7,12-13,15-16,18H,8-11,14H2,1H3,(H2,28,29,30). The van der Waals surface area contributed by atoms with E-state index in [2.05, 4.69) is 16.1 Å². The van der Waals surface area contributed by atoms with E-state index < -0.39 is 10.0 Å². The zero-order chi connectivity index (χ0) is 25.7. The Balaban J connectivity index is 1.36. The molecule has 37 heavy (non-hydrogen) atoms. The first kappa shape index (κ1) is 23.6. The molecule has 3 aromatic heterocycles. The third kappa shape index (κ3) is 4.44. The van der Waals surface area contributed by atoms with Crippen LogP contribution < -0.4 is 5.73 Å². The van der Waals surface area contributed by atoms with Gasteiger partial charge >= 0.3 is 0 Å². The molecule has 9 nitrogen and oxygen atoms in total. The molecule has 0 spiro atoms. The molecule has 2 aromatic carbocycles. The molecule has 6 rings (SSSR count). The predicted molar refractivity (Wildman–Crippen MR) is 140 cm³/mol. The van der Waals surface area contributed by atoms with Gasteiger partial charge in [-0.2, -0.15) is 10.2 Å². The number of nitrogen functional groups attached to an aromatic ring is 1. The quantitative estimate of drug-likeness (QED) is 0.379. The van der Waals surface area contributed by atoms with Gasteiger partial charge in [-0.15, -0.1) is 0 Å². The SMILES string of the molecule is CS(=O)(=O)N1CCC(c2cc(-c3ccc4cn(Cc5ccc(F)cc5)nc4c3)c3c(N)ncnn23)CC1. The average Bonchev–Trinajstić information content (AvgIpc) is 3.46. The van der Waals surface area contributed by atoms with Gasteiger partial charge in [-0.3, -0.25) is 4.68 Å². The van der Waals surface area contributed by atoms with Crippen LogP contribution in [0.3, 0.4) is 0 Å². The molecule has 190 valence electrons. The largest absolute Gasteiger partial charge is 0.382 e. The van der Waals surface area contributed by atoms with Crippen molar-refractivity contribution in [2.24, 2.45) is 0 Å². The lowest BCUT2D eigenvalue weighted by molar-refractivity contribution is 0.317. The molecular formula is C26H26FN7O2S. The van der Waals surface area contributed by atoms with Gasteiger partial charge in [-0.25, -0.2) is 26.6 Å². The van der Waals surface area contributed by atoms with E-state index in [1.807, 2.05) is 33.6 Å². The predicted octanol–water partition coefficient (Wildman–Crippen LogP) is 3.65. The summed E-state index contributed by atoms with van der Waals surface area (Å²) in [5.74, 6) is 0.265. The number of hydrogen-bond donors (Lipinski definition) is 1. The molecule has 1 fully saturated rings. The van der Waals surface area contributed by atoms with E-state index in [1.54, 1.807) is 12.1 Å². The highest BCUT2D eigenvalue weighted by atomic mass is 32.2. The van der Waals surface area contributed by atoms with Crippen LogP contribution in [0.1, 0.15) is 30.0 Å². The maximum Gasteiger partial charge on any atom is 0.211 e. The topological polar surface area (TPSA) is 111 Å². The van der Waals surface area contributed by atoms with Gasteiger partial charge in [0.05, 0.1) is 18.3 Å². The molecule has 2 N–H and O–H groups in total. The van der Waals surface area contributed by atoms with Crippen molar-refractivity contribution in [2.45, 2.75) is 25.3 Å². The van der Waals surface area contributed by atoms with E-state index in [4.69, 9.17) is 10.8 Å². The van der Waals surface area contributed by atoms with Gasteiger partial charge in [0.1, 0.15) is 17.7 Å². The van der Waals surface area contributed by atoms with Crippen molar-refractivity contribution in [3.05, 3.63) is 78.1 Å². The van der Waals surface area contributed by atoms with Gasteiger partial charge in [0.2, 0.25) is 10.0 Å². The summed E-state index contributed by atoms with van der Waals surface area (Å²) in [5.41, 5.74) is 11.7. The molecule has 0 saturated carbocycles. The van der Waals surface area contributed by atoms with Crippen molar-refractivity contribution in [3.63, 3.8) is 0 Å². The molecule has 5 aromatic rings. The molecule has 0 radical (unpaired) electrons. The molecule has 1 aliphatic rings. The maximum atomic E-state index is 13.3. The van der Waals surface area contributed by atoms with Crippen LogP contribution in [0.25, 0.3) is 27.5 Å². The van der Waals surface area contributed by atoms with Crippen LogP contribution in [0.4, 0.5) is 10.2 Å². The van der Waals surface area contributed by atoms with Crippen molar-refractivity contribution >= 4 is 32.3 Å². The second-order valence-electron chi connectivity index (χ2n) is 9.55. The molecule has 0 bridgehead atoms. The number of rotatable bonds is 5. The number of fused-ring (bicyclic) bond motifs is 2. The zero-order valence-electron chi connectivity index (χ0n) is 20.2. The van der Waals surface area contributed by atoms with Crippen LogP contribution in [-0.4, -0.2) is 56.4 Å². The molecular weight excluding hydrogens is 493 g/mol. The van der Waals surface area contributed by atoms with Crippen molar-refractivity contribution < 1.29 is 12.8 Å². The summed E-state index contributed by atoms with van der Waals surface area (Å²) in [7, 11) is -3.20. The Kier molecular flexibility index (Phi) is 5.68. The van der Waals surface area contributed by atoms with Gasteiger partial charge < -0.3 is 5.73 Å². The highest BCUT2D eigenvalue weighted by Crippen LogP contribution is 2.37. The minimum absolute atomic E-state index is 0.146. The lowest BCUT2D eigenvalue weighted by Crippen LogP contribution is -2.37. The van der Waals surface area contributed by atoms with Gasteiger partial charge in [0, 0.05) is 41.8 Å². The second kappa shape index (κ2) is 8.93. The first-order valence-electron chi connectivity index (χ1n) is 12.1. The number of sulfonamides is 1. The Hall–Kier alpha value is -3.83. The van der Waals surface area contributed by atoms with Crippen molar-refractivity contribution in [2.75, 3.05) is 25.1 Å². The summed E-state index contributed by atoms with van der Waals surface area (Å²) in [4.78, 5) is 4.23. The lowest BCUT2D eigenvalue weighted by Gasteiger charge is -2.29. The summed E-state index contributed by atoms with van der Waals surface area (Å²) in [6.07, 6.45) is 6.08. The minimum Gasteiger partial charge on any atom is -0.382 e. The van der Waals surface area contributed by atoms with Crippen molar-refractivity contribution in [3.8, 4) is 11.1 Å². The molecule has 0 unspecified atom stereocenters. The third-order valence-corrected chi connectivity index (χ3v) is 8.38. The summed E-state index contributed by atoms with van der Waals surface area (Å²) < 4.78 is 42.4. The third-order valence-electron chi connectivity index (χ3n) is 7.08. The Morgan fingerprint density at radius 2 is 1.84 bits per heavy atom. The van der Waals surface area contributed by atoms with Gasteiger partial charge in [0.25, 0.3) is 0 Å². The van der Waals surface area contributed by atoms with Crippen LogP contribution in [-0.2, 0) is 16.6 Å². The van der Waals surface area contributed by atoms with E-state index in [1.165, 1.54) is 29.0 Å². The monoisotopic (exact) mass is 519 g/mol. The molecule has 1 aliphatic heterocycles. The zero-order valence-corrected chi connectivity index (χ0v) is 21.1. The van der Waals surface area contributed by atoms with E-state index in [-0.39, 0.29) is 11.7 Å². The highest BCUT2D eigenvalue weighted by Gasteiger charge is 2.29. The summed E-state index contributed by atoms with van der Waals surface area (Å²) >= 11 is 0. The second-order valence-corrected chi connectivity index (χ2v) is 11.5. The fraction of sp³-hybridized carbons (Fsp3) is 0.269. The molecule has 1 saturated heterocycles. The first-order valence-corrected chi connectivity index (χ1v) is 13.9. The van der Waals surface area contributed by atoms with Gasteiger partial charge in [0.15, 0.2) is 5.82 Å². The van der Waals surface area contributed by atoms with Gasteiger partial charge in [-0.05, 0) is 48.2 Å². The van der Waals surface area contributed by atoms with Crippen molar-refractivity contribution in [1.82, 2.24) is 28.7 Å². The Labute approximate surface area is 213 Å². The van der Waals surface area contributed by atoms with E-state index in [0.29, 0.717) is 38.3 Å². The van der Waals surface area contributed by atoms with Crippen LogP contribution >= 0.6 is 0 Å². The van der Waals surface area contributed by atoms with E-state index in [9.17, 15) is 12.8 Å². The number of halogens is 1. The lowest BCUT2D eigenvalue weighted by atomic mass is 9.94. The fourth-order valence-corrected chi connectivity index (χ4v) is 6.05. The summed E-state index contributed by atoms with van der Waals surface area (Å²) in [5, 5.41) is 10.2. The number of hydrogen-bond acceptors (Lipinski definition) is 6. The Bertz CT molecular complexity index is 1720. The fourth-order valence-electron chi connectivity index (χ4n) is 5.18. The molecule has 4 heterocycles. The van der Waals surface area contributed by atoms with Gasteiger partial charge in [-0.1, -0.05) is 24.3 Å². The Morgan fingerprint density at radius 3 is 2.57 bits per heavy atom. The first-order chi connectivity index (χ1) is 17.8. The van der Waals surface area contributed by atoms with Crippen LogP contribution in [0.5, 0.6) is 0 Å². The number of anilines is 1. The average molecular weight is 520 g/mol. The van der Waals surface area contributed by atoms with E-state index in [0.717, 1.165) is 38.8 Å².